The van der Waals surface area contributed by atoms with E-state index in [1.807, 2.05) is 55.5 Å². The molecule has 0 bridgehead atoms. The number of pyridine rings is 1. The van der Waals surface area contributed by atoms with Crippen LogP contribution in [0.2, 0.25) is 0 Å². The number of thiazole rings is 1. The van der Waals surface area contributed by atoms with Gasteiger partial charge in [0.05, 0.1) is 11.7 Å². The number of rotatable bonds is 4. The van der Waals surface area contributed by atoms with Crippen LogP contribution in [0, 0.1) is 0 Å². The topological polar surface area (TPSA) is 54.9 Å². The molecule has 1 N–H and O–H groups in total. The van der Waals surface area contributed by atoms with Crippen LogP contribution in [-0.4, -0.2) is 15.9 Å². The molecule has 22 heavy (non-hydrogen) atoms. The summed E-state index contributed by atoms with van der Waals surface area (Å²) in [6.45, 7) is 1.91. The Balaban J connectivity index is 1.72. The third-order valence-corrected chi connectivity index (χ3v) is 4.13. The van der Waals surface area contributed by atoms with Gasteiger partial charge in [0.15, 0.2) is 0 Å². The summed E-state index contributed by atoms with van der Waals surface area (Å²) < 4.78 is 0. The molecule has 0 aliphatic carbocycles. The first-order chi connectivity index (χ1) is 10.7. The molecular formula is C17H15N3OS. The molecule has 1 amide bonds. The summed E-state index contributed by atoms with van der Waals surface area (Å²) in [5.74, 6) is -0.184. The lowest BCUT2D eigenvalue weighted by Crippen LogP contribution is -2.27. The summed E-state index contributed by atoms with van der Waals surface area (Å²) >= 11 is 1.47. The summed E-state index contributed by atoms with van der Waals surface area (Å²) in [5.41, 5.74) is 2.28. The fraction of sp³-hybridized carbons (Fsp3) is 0.118. The van der Waals surface area contributed by atoms with E-state index in [-0.39, 0.29) is 11.9 Å². The maximum atomic E-state index is 12.3. The first-order valence-corrected chi connectivity index (χ1v) is 7.85. The molecule has 0 saturated heterocycles. The van der Waals surface area contributed by atoms with Crippen molar-refractivity contribution in [3.8, 4) is 10.6 Å². The summed E-state index contributed by atoms with van der Waals surface area (Å²) in [6.07, 6.45) is 1.72. The number of nitrogens with zero attached hydrogens (tertiary/aromatic N) is 2. The highest BCUT2D eigenvalue weighted by Crippen LogP contribution is 2.23. The van der Waals surface area contributed by atoms with E-state index in [0.717, 1.165) is 16.3 Å². The van der Waals surface area contributed by atoms with E-state index < -0.39 is 0 Å². The maximum absolute atomic E-state index is 12.3. The van der Waals surface area contributed by atoms with Crippen LogP contribution in [0.1, 0.15) is 29.1 Å². The first-order valence-electron chi connectivity index (χ1n) is 6.97. The average Bonchev–Trinajstić information content (AvgIpc) is 3.06. The van der Waals surface area contributed by atoms with Crippen LogP contribution in [0.25, 0.3) is 10.6 Å². The second-order valence-electron chi connectivity index (χ2n) is 4.85. The molecule has 0 radical (unpaired) electrons. The van der Waals surface area contributed by atoms with E-state index in [1.165, 1.54) is 11.3 Å². The van der Waals surface area contributed by atoms with Crippen molar-refractivity contribution < 1.29 is 4.79 Å². The van der Waals surface area contributed by atoms with Crippen LogP contribution in [0.3, 0.4) is 0 Å². The lowest BCUT2D eigenvalue weighted by molar-refractivity contribution is 0.0935. The van der Waals surface area contributed by atoms with Crippen molar-refractivity contribution in [3.63, 3.8) is 0 Å². The van der Waals surface area contributed by atoms with Crippen LogP contribution in [-0.2, 0) is 0 Å². The minimum Gasteiger partial charge on any atom is -0.343 e. The highest BCUT2D eigenvalue weighted by molar-refractivity contribution is 7.13. The van der Waals surface area contributed by atoms with Gasteiger partial charge in [-0.3, -0.25) is 9.78 Å². The molecule has 0 spiro atoms. The van der Waals surface area contributed by atoms with Gasteiger partial charge in [0.2, 0.25) is 0 Å². The van der Waals surface area contributed by atoms with Gasteiger partial charge in [-0.05, 0) is 19.1 Å². The van der Waals surface area contributed by atoms with Crippen molar-refractivity contribution in [1.29, 1.82) is 0 Å². The number of hydrogen-bond acceptors (Lipinski definition) is 4. The molecule has 0 saturated carbocycles. The SMILES string of the molecule is C[C@H](NC(=O)c1csc(-c2ccccc2)n1)c1ccccn1. The van der Waals surface area contributed by atoms with Crippen LogP contribution < -0.4 is 5.32 Å². The summed E-state index contributed by atoms with van der Waals surface area (Å²) in [6, 6.07) is 15.3. The number of amides is 1. The molecule has 0 aliphatic rings. The lowest BCUT2D eigenvalue weighted by atomic mass is 10.2. The van der Waals surface area contributed by atoms with Crippen LogP contribution in [0.15, 0.2) is 60.1 Å². The average molecular weight is 309 g/mol. The Morgan fingerprint density at radius 1 is 1.14 bits per heavy atom. The number of nitrogens with one attached hydrogen (secondary N) is 1. The minimum absolute atomic E-state index is 0.157. The number of hydrogen-bond donors (Lipinski definition) is 1. The normalized spacial score (nSPS) is 11.9. The van der Waals surface area contributed by atoms with Crippen molar-refractivity contribution in [2.45, 2.75) is 13.0 Å². The second-order valence-corrected chi connectivity index (χ2v) is 5.71. The van der Waals surface area contributed by atoms with Gasteiger partial charge in [0.25, 0.3) is 5.91 Å². The molecular weight excluding hydrogens is 294 g/mol. The molecule has 2 aromatic heterocycles. The van der Waals surface area contributed by atoms with Crippen LogP contribution in [0.5, 0.6) is 0 Å². The number of benzene rings is 1. The van der Waals surface area contributed by atoms with E-state index in [1.54, 1.807) is 11.6 Å². The first kappa shape index (κ1) is 14.4. The molecule has 110 valence electrons. The molecule has 1 atom stereocenters. The summed E-state index contributed by atoms with van der Waals surface area (Å²) in [7, 11) is 0. The Hall–Kier alpha value is -2.53. The Labute approximate surface area is 132 Å². The zero-order valence-corrected chi connectivity index (χ0v) is 12.9. The molecule has 0 aliphatic heterocycles. The van der Waals surface area contributed by atoms with Gasteiger partial charge in [-0.1, -0.05) is 36.4 Å². The van der Waals surface area contributed by atoms with Gasteiger partial charge in [0.1, 0.15) is 10.7 Å². The molecule has 3 rings (SSSR count). The molecule has 0 unspecified atom stereocenters. The largest absolute Gasteiger partial charge is 0.343 e. The quantitative estimate of drug-likeness (QED) is 0.799. The van der Waals surface area contributed by atoms with Crippen LogP contribution in [0.4, 0.5) is 0 Å². The summed E-state index contributed by atoms with van der Waals surface area (Å²) in [4.78, 5) is 20.9. The lowest BCUT2D eigenvalue weighted by Gasteiger charge is -2.11. The Morgan fingerprint density at radius 2 is 1.91 bits per heavy atom. The van der Waals surface area contributed by atoms with Gasteiger partial charge < -0.3 is 5.32 Å². The summed E-state index contributed by atoms with van der Waals surface area (Å²) in [5, 5.41) is 5.54. The fourth-order valence-electron chi connectivity index (χ4n) is 2.07. The zero-order chi connectivity index (χ0) is 15.4. The molecule has 5 heteroatoms. The van der Waals surface area contributed by atoms with E-state index in [0.29, 0.717) is 5.69 Å². The Bertz CT molecular complexity index is 756. The number of carbonyl (C=O) groups excluding carboxylic acids is 1. The standard InChI is InChI=1S/C17H15N3OS/c1-12(14-9-5-6-10-18-14)19-16(21)15-11-22-17(20-15)13-7-3-2-4-8-13/h2-12H,1H3,(H,19,21)/t12-/m0/s1. The van der Waals surface area contributed by atoms with Crippen molar-refractivity contribution in [1.82, 2.24) is 15.3 Å². The van der Waals surface area contributed by atoms with E-state index in [2.05, 4.69) is 15.3 Å². The molecule has 3 aromatic rings. The van der Waals surface area contributed by atoms with Gasteiger partial charge in [-0.2, -0.15) is 0 Å². The molecule has 2 heterocycles. The third kappa shape index (κ3) is 3.20. The second kappa shape index (κ2) is 6.49. The Kier molecular flexibility index (Phi) is 4.25. The van der Waals surface area contributed by atoms with Crippen molar-refractivity contribution in [2.24, 2.45) is 0 Å². The molecule has 1 aromatic carbocycles. The highest BCUT2D eigenvalue weighted by Gasteiger charge is 2.15. The maximum Gasteiger partial charge on any atom is 0.271 e. The highest BCUT2D eigenvalue weighted by atomic mass is 32.1. The van der Waals surface area contributed by atoms with Crippen LogP contribution >= 0.6 is 11.3 Å². The Morgan fingerprint density at radius 3 is 2.64 bits per heavy atom. The molecule has 0 fully saturated rings. The number of aromatic nitrogens is 2. The van der Waals surface area contributed by atoms with Crippen molar-refractivity contribution in [2.75, 3.05) is 0 Å². The third-order valence-electron chi connectivity index (χ3n) is 3.24. The number of carbonyl (C=O) groups is 1. The predicted molar refractivity (Wildman–Crippen MR) is 87.7 cm³/mol. The van der Waals surface area contributed by atoms with E-state index in [9.17, 15) is 4.79 Å². The minimum atomic E-state index is -0.184. The zero-order valence-electron chi connectivity index (χ0n) is 12.1. The predicted octanol–water partition coefficient (Wildman–Crippen LogP) is 3.70. The van der Waals surface area contributed by atoms with Gasteiger partial charge in [-0.15, -0.1) is 11.3 Å². The van der Waals surface area contributed by atoms with Gasteiger partial charge in [-0.25, -0.2) is 4.98 Å². The van der Waals surface area contributed by atoms with Crippen molar-refractivity contribution in [3.05, 3.63) is 71.5 Å². The van der Waals surface area contributed by atoms with Gasteiger partial charge >= 0.3 is 0 Å². The van der Waals surface area contributed by atoms with Crippen molar-refractivity contribution >= 4 is 17.2 Å². The fourth-order valence-corrected chi connectivity index (χ4v) is 2.87. The smallest absolute Gasteiger partial charge is 0.271 e. The van der Waals surface area contributed by atoms with E-state index >= 15 is 0 Å². The molecule has 4 nitrogen and oxygen atoms in total. The monoisotopic (exact) mass is 309 g/mol. The van der Waals surface area contributed by atoms with E-state index in [4.69, 9.17) is 0 Å². The van der Waals surface area contributed by atoms with Gasteiger partial charge in [0, 0.05) is 17.1 Å².